The van der Waals surface area contributed by atoms with Crippen molar-refractivity contribution >= 4 is 16.0 Å². The van der Waals surface area contributed by atoms with Crippen LogP contribution in [0.3, 0.4) is 0 Å². The first kappa shape index (κ1) is 17.6. The van der Waals surface area contributed by atoms with Crippen LogP contribution in [0.15, 0.2) is 4.90 Å². The Morgan fingerprint density at radius 2 is 2.00 bits per heavy atom. The van der Waals surface area contributed by atoms with Crippen LogP contribution in [0.1, 0.15) is 38.1 Å². The first-order valence-corrected chi connectivity index (χ1v) is 8.30. The number of aliphatic carboxylic acids is 1. The zero-order chi connectivity index (χ0) is 16.4. The fraction of sp³-hybridized carbons (Fsp3) is 0.692. The van der Waals surface area contributed by atoms with Crippen molar-refractivity contribution in [2.45, 2.75) is 58.0 Å². The summed E-state index contributed by atoms with van der Waals surface area (Å²) in [4.78, 5) is 10.8. The zero-order valence-corrected chi connectivity index (χ0v) is 13.9. The predicted octanol–water partition coefficient (Wildman–Crippen LogP) is 1.39. The van der Waals surface area contributed by atoms with Crippen LogP contribution < -0.4 is 0 Å². The largest absolute Gasteiger partial charge is 0.481 e. The number of aryl methyl sites for hydroxylation is 2. The second-order valence-corrected chi connectivity index (χ2v) is 7.08. The van der Waals surface area contributed by atoms with Gasteiger partial charge in [-0.15, -0.1) is 0 Å². The van der Waals surface area contributed by atoms with Gasteiger partial charge in [0.2, 0.25) is 10.0 Å². The van der Waals surface area contributed by atoms with Gasteiger partial charge >= 0.3 is 5.97 Å². The second-order valence-electron chi connectivity index (χ2n) is 5.15. The van der Waals surface area contributed by atoms with Gasteiger partial charge in [0.25, 0.3) is 0 Å². The number of carbonyl (C=O) groups is 1. The van der Waals surface area contributed by atoms with Gasteiger partial charge in [0.1, 0.15) is 4.90 Å². The van der Waals surface area contributed by atoms with E-state index in [1.165, 1.54) is 8.99 Å². The van der Waals surface area contributed by atoms with Crippen LogP contribution in [0.4, 0.5) is 0 Å². The molecule has 21 heavy (non-hydrogen) atoms. The number of hydrogen-bond acceptors (Lipinski definition) is 4. The van der Waals surface area contributed by atoms with Crippen LogP contribution in [0.2, 0.25) is 0 Å². The first-order chi connectivity index (χ1) is 9.62. The van der Waals surface area contributed by atoms with Crippen molar-refractivity contribution in [1.82, 2.24) is 14.1 Å². The van der Waals surface area contributed by atoms with E-state index in [0.29, 0.717) is 17.8 Å². The Kier molecular flexibility index (Phi) is 5.52. The average molecular weight is 317 g/mol. The molecule has 1 N–H and O–H groups in total. The Morgan fingerprint density at radius 1 is 1.43 bits per heavy atom. The fourth-order valence-electron chi connectivity index (χ4n) is 2.11. The van der Waals surface area contributed by atoms with E-state index < -0.39 is 16.0 Å². The average Bonchev–Trinajstić information content (AvgIpc) is 2.69. The van der Waals surface area contributed by atoms with E-state index in [0.717, 1.165) is 0 Å². The summed E-state index contributed by atoms with van der Waals surface area (Å²) in [6.07, 6.45) is 0.615. The molecule has 8 heteroatoms. The number of sulfonamides is 1. The molecule has 0 aliphatic heterocycles. The second kappa shape index (κ2) is 6.57. The summed E-state index contributed by atoms with van der Waals surface area (Å²) < 4.78 is 28.1. The summed E-state index contributed by atoms with van der Waals surface area (Å²) >= 11 is 0. The first-order valence-electron chi connectivity index (χ1n) is 6.86. The van der Waals surface area contributed by atoms with Gasteiger partial charge in [-0.05, 0) is 27.2 Å². The molecule has 1 aromatic heterocycles. The molecule has 0 fully saturated rings. The van der Waals surface area contributed by atoms with Crippen LogP contribution in [0.25, 0.3) is 0 Å². The lowest BCUT2D eigenvalue weighted by atomic mass is 10.3. The highest BCUT2D eigenvalue weighted by atomic mass is 32.2. The maximum atomic E-state index is 12.7. The molecule has 1 atom stereocenters. The molecular weight excluding hydrogens is 294 g/mol. The smallest absolute Gasteiger partial charge is 0.305 e. The Balaban J connectivity index is 3.22. The Morgan fingerprint density at radius 3 is 2.48 bits per heavy atom. The quantitative estimate of drug-likeness (QED) is 0.820. The summed E-state index contributed by atoms with van der Waals surface area (Å²) in [5.41, 5.74) is 0.872. The molecular formula is C13H23N3O4S. The summed E-state index contributed by atoms with van der Waals surface area (Å²) in [5.74, 6) is -0.941. The van der Waals surface area contributed by atoms with Gasteiger partial charge < -0.3 is 5.11 Å². The van der Waals surface area contributed by atoms with Gasteiger partial charge in [0, 0.05) is 13.1 Å². The van der Waals surface area contributed by atoms with Crippen LogP contribution in [0, 0.1) is 13.8 Å². The Labute approximate surface area is 125 Å². The summed E-state index contributed by atoms with van der Waals surface area (Å²) in [5, 5.41) is 12.9. The van der Waals surface area contributed by atoms with Crippen molar-refractivity contribution in [3.05, 3.63) is 11.4 Å². The normalized spacial score (nSPS) is 13.6. The SMILES string of the molecule is CCC(C)N(C)S(=O)(=O)c1c(C)nn(CCC(=O)O)c1C. The number of carboxylic acid groups (broad SMARTS) is 1. The van der Waals surface area contributed by atoms with E-state index in [1.807, 2.05) is 13.8 Å². The number of hydrogen-bond donors (Lipinski definition) is 1. The van der Waals surface area contributed by atoms with Crippen LogP contribution in [0.5, 0.6) is 0 Å². The monoisotopic (exact) mass is 317 g/mol. The van der Waals surface area contributed by atoms with Gasteiger partial charge in [0.15, 0.2) is 0 Å². The molecule has 1 aromatic rings. The number of aromatic nitrogens is 2. The predicted molar refractivity (Wildman–Crippen MR) is 78.7 cm³/mol. The van der Waals surface area contributed by atoms with Gasteiger partial charge in [-0.1, -0.05) is 6.92 Å². The molecule has 1 unspecified atom stereocenters. The molecule has 7 nitrogen and oxygen atoms in total. The lowest BCUT2D eigenvalue weighted by Gasteiger charge is -2.23. The van der Waals surface area contributed by atoms with E-state index >= 15 is 0 Å². The molecule has 0 saturated carbocycles. The van der Waals surface area contributed by atoms with E-state index in [9.17, 15) is 13.2 Å². The van der Waals surface area contributed by atoms with E-state index in [-0.39, 0.29) is 23.9 Å². The van der Waals surface area contributed by atoms with E-state index in [4.69, 9.17) is 5.11 Å². The van der Waals surface area contributed by atoms with Crippen molar-refractivity contribution < 1.29 is 18.3 Å². The van der Waals surface area contributed by atoms with Gasteiger partial charge in [-0.25, -0.2) is 8.42 Å². The molecule has 0 aromatic carbocycles. The van der Waals surface area contributed by atoms with Gasteiger partial charge in [-0.2, -0.15) is 9.40 Å². The van der Waals surface area contributed by atoms with E-state index in [1.54, 1.807) is 20.9 Å². The van der Waals surface area contributed by atoms with Crippen molar-refractivity contribution in [3.8, 4) is 0 Å². The van der Waals surface area contributed by atoms with Gasteiger partial charge in [0.05, 0.1) is 24.4 Å². The minimum atomic E-state index is -3.63. The number of carboxylic acids is 1. The van der Waals surface area contributed by atoms with E-state index in [2.05, 4.69) is 5.10 Å². The topological polar surface area (TPSA) is 92.5 Å². The summed E-state index contributed by atoms with van der Waals surface area (Å²) in [7, 11) is -2.07. The van der Waals surface area contributed by atoms with Crippen molar-refractivity contribution in [2.75, 3.05) is 7.05 Å². The number of rotatable bonds is 7. The molecule has 0 aliphatic rings. The minimum Gasteiger partial charge on any atom is -0.481 e. The lowest BCUT2D eigenvalue weighted by molar-refractivity contribution is -0.137. The molecule has 120 valence electrons. The van der Waals surface area contributed by atoms with Crippen LogP contribution >= 0.6 is 0 Å². The zero-order valence-electron chi connectivity index (χ0n) is 13.1. The third-order valence-corrected chi connectivity index (χ3v) is 5.93. The molecule has 0 spiro atoms. The highest BCUT2D eigenvalue weighted by Crippen LogP contribution is 2.24. The molecule has 1 heterocycles. The standard InChI is InChI=1S/C13H23N3O4S/c1-6-9(2)15(5)21(19,20)13-10(3)14-16(11(13)4)8-7-12(17)18/h9H,6-8H2,1-5H3,(H,17,18). The molecule has 0 radical (unpaired) electrons. The molecule has 0 bridgehead atoms. The molecule has 0 amide bonds. The highest BCUT2D eigenvalue weighted by Gasteiger charge is 2.30. The molecule has 0 saturated heterocycles. The van der Waals surface area contributed by atoms with Crippen molar-refractivity contribution in [1.29, 1.82) is 0 Å². The highest BCUT2D eigenvalue weighted by molar-refractivity contribution is 7.89. The molecule has 0 aliphatic carbocycles. The maximum Gasteiger partial charge on any atom is 0.305 e. The third-order valence-electron chi connectivity index (χ3n) is 3.70. The number of nitrogens with zero attached hydrogens (tertiary/aromatic N) is 3. The fourth-order valence-corrected chi connectivity index (χ4v) is 3.91. The van der Waals surface area contributed by atoms with Crippen molar-refractivity contribution in [2.24, 2.45) is 0 Å². The molecule has 1 rings (SSSR count). The lowest BCUT2D eigenvalue weighted by Crippen LogP contribution is -2.35. The maximum absolute atomic E-state index is 12.7. The third kappa shape index (κ3) is 3.62. The van der Waals surface area contributed by atoms with Gasteiger partial charge in [-0.3, -0.25) is 9.48 Å². The Bertz CT molecular complexity index is 622. The summed E-state index contributed by atoms with van der Waals surface area (Å²) in [6, 6.07) is -0.115. The van der Waals surface area contributed by atoms with Crippen LogP contribution in [-0.4, -0.2) is 46.7 Å². The minimum absolute atomic E-state index is 0.0946. The Hall–Kier alpha value is -1.41. The van der Waals surface area contributed by atoms with Crippen LogP contribution in [-0.2, 0) is 21.4 Å². The van der Waals surface area contributed by atoms with Crippen molar-refractivity contribution in [3.63, 3.8) is 0 Å². The summed E-state index contributed by atoms with van der Waals surface area (Å²) in [6.45, 7) is 7.20.